The molecule has 1 aliphatic rings. The summed E-state index contributed by atoms with van der Waals surface area (Å²) in [5, 5.41) is 0. The summed E-state index contributed by atoms with van der Waals surface area (Å²) in [6, 6.07) is 0. The fraction of sp³-hybridized carbons (Fsp3) is 0.600. The van der Waals surface area contributed by atoms with Crippen LogP contribution in [0.2, 0.25) is 19.6 Å². The zero-order valence-electron chi connectivity index (χ0n) is 9.32. The molecule has 4 heteroatoms. The smallest absolute Gasteiger partial charge is 0.408 e. The Morgan fingerprint density at radius 2 is 1.71 bits per heavy atom. The highest BCUT2D eigenvalue weighted by Crippen LogP contribution is 2.04. The van der Waals surface area contributed by atoms with Gasteiger partial charge in [-0.1, -0.05) is 43.5 Å². The van der Waals surface area contributed by atoms with Crippen LogP contribution in [0, 0.1) is 0 Å². The van der Waals surface area contributed by atoms with Gasteiger partial charge in [-0.05, 0) is 6.42 Å². The first-order valence-corrected chi connectivity index (χ1v) is 8.75. The van der Waals surface area contributed by atoms with Crippen molar-refractivity contribution in [3.63, 3.8) is 0 Å². The Kier molecular flexibility index (Phi) is 4.65. The summed E-state index contributed by atoms with van der Waals surface area (Å²) < 4.78 is 10.8. The summed E-state index contributed by atoms with van der Waals surface area (Å²) in [6.45, 7) is 8.56. The van der Waals surface area contributed by atoms with Crippen molar-refractivity contribution in [2.75, 3.05) is 13.2 Å². The van der Waals surface area contributed by atoms with E-state index in [4.69, 9.17) is 9.31 Å². The lowest BCUT2D eigenvalue weighted by Crippen LogP contribution is -2.27. The van der Waals surface area contributed by atoms with Crippen LogP contribution in [0.15, 0.2) is 23.8 Å². The molecule has 0 aromatic heterocycles. The van der Waals surface area contributed by atoms with Gasteiger partial charge in [-0.2, -0.15) is 0 Å². The Labute approximate surface area is 88.1 Å². The van der Waals surface area contributed by atoms with E-state index in [0.29, 0.717) is 0 Å². The Morgan fingerprint density at radius 3 is 2.29 bits per heavy atom. The van der Waals surface area contributed by atoms with Gasteiger partial charge in [0.05, 0.1) is 8.07 Å². The molecule has 0 bridgehead atoms. The van der Waals surface area contributed by atoms with Gasteiger partial charge < -0.3 is 9.31 Å². The first kappa shape index (κ1) is 11.8. The van der Waals surface area contributed by atoms with Crippen LogP contribution < -0.4 is 0 Å². The molecule has 0 aromatic rings. The highest BCUT2D eigenvalue weighted by molar-refractivity contribution is 6.81. The molecule has 0 unspecified atom stereocenters. The molecule has 0 N–H and O–H groups in total. The van der Waals surface area contributed by atoms with E-state index in [1.165, 1.54) is 0 Å². The van der Waals surface area contributed by atoms with Gasteiger partial charge in [0.25, 0.3) is 0 Å². The Morgan fingerprint density at radius 1 is 1.07 bits per heavy atom. The van der Waals surface area contributed by atoms with Crippen molar-refractivity contribution in [2.24, 2.45) is 0 Å². The van der Waals surface area contributed by atoms with E-state index in [0.717, 1.165) is 19.6 Å². The second-order valence-corrected chi connectivity index (χ2v) is 9.64. The minimum absolute atomic E-state index is 0.130. The molecule has 0 saturated carbocycles. The van der Waals surface area contributed by atoms with E-state index in [2.05, 4.69) is 31.4 Å². The molecule has 1 fully saturated rings. The summed E-state index contributed by atoms with van der Waals surface area (Å²) in [4.78, 5) is 0. The number of hydrogen-bond acceptors (Lipinski definition) is 2. The number of hydrogen-bond donors (Lipinski definition) is 0. The van der Waals surface area contributed by atoms with Crippen LogP contribution in [0.25, 0.3) is 0 Å². The van der Waals surface area contributed by atoms with Gasteiger partial charge in [0.2, 0.25) is 0 Å². The lowest BCUT2D eigenvalue weighted by molar-refractivity contribution is 0.142. The fourth-order valence-electron chi connectivity index (χ4n) is 1.12. The molecule has 0 radical (unpaired) electrons. The zero-order chi connectivity index (χ0) is 10.4. The molecule has 0 aliphatic carbocycles. The standard InChI is InChI=1S/C10H19BO2Si/c1-14(2,3)10-5-4-7-11-12-8-6-9-13-11/h4-5,7,10H,6,8-9H2,1-3H3/b7-4+,10-5+. The number of allylic oxidation sites excluding steroid dienone is 2. The second kappa shape index (κ2) is 5.54. The SMILES string of the molecule is C[Si](C)(C)/C=C/C=C/B1OCCCO1. The molecular formula is C10H19BO2Si. The maximum absolute atomic E-state index is 5.38. The Hall–Kier alpha value is -0.318. The molecule has 0 amide bonds. The van der Waals surface area contributed by atoms with Crippen molar-refractivity contribution < 1.29 is 9.31 Å². The minimum Gasteiger partial charge on any atom is -0.408 e. The van der Waals surface area contributed by atoms with Crippen molar-refractivity contribution in [3.8, 4) is 0 Å². The summed E-state index contributed by atoms with van der Waals surface area (Å²) >= 11 is 0. The molecule has 1 rings (SSSR count). The van der Waals surface area contributed by atoms with Crippen LogP contribution in [0.3, 0.4) is 0 Å². The average molecular weight is 210 g/mol. The highest BCUT2D eigenvalue weighted by Gasteiger charge is 2.17. The maximum Gasteiger partial charge on any atom is 0.486 e. The third-order valence-electron chi connectivity index (χ3n) is 1.83. The van der Waals surface area contributed by atoms with Gasteiger partial charge in [-0.25, -0.2) is 0 Å². The normalized spacial score (nSPS) is 19.8. The monoisotopic (exact) mass is 210 g/mol. The third-order valence-corrected chi connectivity index (χ3v) is 3.02. The lowest BCUT2D eigenvalue weighted by Gasteiger charge is -2.16. The molecule has 14 heavy (non-hydrogen) atoms. The summed E-state index contributed by atoms with van der Waals surface area (Å²) in [6.07, 6.45) is 5.14. The Balaban J connectivity index is 2.28. The van der Waals surface area contributed by atoms with Gasteiger partial charge in [-0.15, -0.1) is 0 Å². The van der Waals surface area contributed by atoms with E-state index in [-0.39, 0.29) is 7.12 Å². The van der Waals surface area contributed by atoms with Crippen molar-refractivity contribution in [1.82, 2.24) is 0 Å². The van der Waals surface area contributed by atoms with Crippen LogP contribution in [-0.2, 0) is 9.31 Å². The van der Waals surface area contributed by atoms with Crippen molar-refractivity contribution in [1.29, 1.82) is 0 Å². The van der Waals surface area contributed by atoms with Crippen molar-refractivity contribution in [3.05, 3.63) is 23.8 Å². The fourth-order valence-corrected chi connectivity index (χ4v) is 1.80. The number of rotatable bonds is 3. The largest absolute Gasteiger partial charge is 0.486 e. The van der Waals surface area contributed by atoms with E-state index in [1.54, 1.807) is 0 Å². The Bertz CT molecular complexity index is 215. The van der Waals surface area contributed by atoms with Gasteiger partial charge in [0.15, 0.2) is 0 Å². The van der Waals surface area contributed by atoms with Gasteiger partial charge in [-0.3, -0.25) is 0 Å². The first-order valence-electron chi connectivity index (χ1n) is 5.17. The third kappa shape index (κ3) is 5.42. The topological polar surface area (TPSA) is 18.5 Å². The summed E-state index contributed by atoms with van der Waals surface area (Å²) in [5.74, 6) is 1.97. The molecule has 1 saturated heterocycles. The quantitative estimate of drug-likeness (QED) is 0.526. The van der Waals surface area contributed by atoms with E-state index < -0.39 is 8.07 Å². The lowest BCUT2D eigenvalue weighted by atomic mass is 9.88. The molecule has 78 valence electrons. The van der Waals surface area contributed by atoms with E-state index in [1.807, 2.05) is 12.1 Å². The van der Waals surface area contributed by atoms with E-state index in [9.17, 15) is 0 Å². The van der Waals surface area contributed by atoms with Gasteiger partial charge >= 0.3 is 7.12 Å². The minimum atomic E-state index is -1.06. The molecule has 0 atom stereocenters. The zero-order valence-corrected chi connectivity index (χ0v) is 10.3. The van der Waals surface area contributed by atoms with Crippen LogP contribution in [0.5, 0.6) is 0 Å². The van der Waals surface area contributed by atoms with Crippen LogP contribution in [-0.4, -0.2) is 28.4 Å². The maximum atomic E-state index is 5.38. The van der Waals surface area contributed by atoms with Crippen LogP contribution >= 0.6 is 0 Å². The van der Waals surface area contributed by atoms with Gasteiger partial charge in [0, 0.05) is 13.2 Å². The predicted octanol–water partition coefficient (Wildman–Crippen LogP) is 2.44. The molecular weight excluding hydrogens is 191 g/mol. The molecule has 0 spiro atoms. The van der Waals surface area contributed by atoms with Gasteiger partial charge in [0.1, 0.15) is 0 Å². The van der Waals surface area contributed by atoms with E-state index >= 15 is 0 Å². The highest BCUT2D eigenvalue weighted by atomic mass is 28.3. The second-order valence-electron chi connectivity index (χ2n) is 4.57. The predicted molar refractivity (Wildman–Crippen MR) is 63.9 cm³/mol. The molecule has 1 heterocycles. The first-order chi connectivity index (χ1) is 6.58. The summed E-state index contributed by atoms with van der Waals surface area (Å²) in [5.41, 5.74) is 2.30. The molecule has 0 aromatic carbocycles. The molecule has 1 aliphatic heterocycles. The van der Waals surface area contributed by atoms with Crippen LogP contribution in [0.1, 0.15) is 6.42 Å². The van der Waals surface area contributed by atoms with Crippen molar-refractivity contribution in [2.45, 2.75) is 26.1 Å². The average Bonchev–Trinajstić information content (AvgIpc) is 2.13. The molecule has 2 nitrogen and oxygen atoms in total. The summed E-state index contributed by atoms with van der Waals surface area (Å²) in [7, 11) is -1.19. The van der Waals surface area contributed by atoms with Crippen molar-refractivity contribution >= 4 is 15.2 Å². The van der Waals surface area contributed by atoms with Crippen LogP contribution in [0.4, 0.5) is 0 Å².